The molecule has 2 aromatic rings. The fourth-order valence-corrected chi connectivity index (χ4v) is 2.34. The van der Waals surface area contributed by atoms with Gasteiger partial charge in [-0.25, -0.2) is 4.68 Å². The largest absolute Gasteiger partial charge is 0.305 e. The Balaban J connectivity index is 2.37. The molecule has 5 heteroatoms. The minimum Gasteiger partial charge on any atom is -0.305 e. The Morgan fingerprint density at radius 3 is 2.85 bits per heavy atom. The van der Waals surface area contributed by atoms with Gasteiger partial charge in [0.15, 0.2) is 0 Å². The molecule has 0 radical (unpaired) electrons. The molecule has 0 spiro atoms. The SMILES string of the molecule is CCCNC(c1cccnc1C)c1cnnn1CCC. The zero-order valence-electron chi connectivity index (χ0n) is 12.5. The fourth-order valence-electron chi connectivity index (χ4n) is 2.34. The third-order valence-corrected chi connectivity index (χ3v) is 3.34. The molecule has 0 aromatic carbocycles. The Hall–Kier alpha value is -1.75. The minimum atomic E-state index is 0.102. The van der Waals surface area contributed by atoms with E-state index in [9.17, 15) is 0 Å². The molecule has 1 N–H and O–H groups in total. The second kappa shape index (κ2) is 7.14. The standard InChI is InChI=1S/C15H23N5/c1-4-8-17-15(13-7-6-9-16-12(13)3)14-11-18-19-20(14)10-5-2/h6-7,9,11,15,17H,4-5,8,10H2,1-3H3. The van der Waals surface area contributed by atoms with Crippen LogP contribution in [0.3, 0.4) is 0 Å². The van der Waals surface area contributed by atoms with Crippen LogP contribution in [-0.4, -0.2) is 26.5 Å². The summed E-state index contributed by atoms with van der Waals surface area (Å²) in [7, 11) is 0. The Bertz CT molecular complexity index is 535. The Morgan fingerprint density at radius 1 is 1.30 bits per heavy atom. The predicted octanol–water partition coefficient (Wildman–Crippen LogP) is 2.48. The van der Waals surface area contributed by atoms with Crippen molar-refractivity contribution in [2.75, 3.05) is 6.54 Å². The Kier molecular flexibility index (Phi) is 5.24. The van der Waals surface area contributed by atoms with Crippen LogP contribution in [0.2, 0.25) is 0 Å². The molecule has 5 nitrogen and oxygen atoms in total. The summed E-state index contributed by atoms with van der Waals surface area (Å²) in [5, 5.41) is 11.9. The van der Waals surface area contributed by atoms with Crippen molar-refractivity contribution in [1.82, 2.24) is 25.3 Å². The van der Waals surface area contributed by atoms with E-state index in [4.69, 9.17) is 0 Å². The highest BCUT2D eigenvalue weighted by Gasteiger charge is 2.20. The van der Waals surface area contributed by atoms with Crippen LogP contribution >= 0.6 is 0 Å². The molecule has 0 saturated carbocycles. The maximum absolute atomic E-state index is 4.40. The number of nitrogens with one attached hydrogen (secondary N) is 1. The summed E-state index contributed by atoms with van der Waals surface area (Å²) in [6, 6.07) is 4.21. The van der Waals surface area contributed by atoms with E-state index >= 15 is 0 Å². The van der Waals surface area contributed by atoms with E-state index in [2.05, 4.69) is 40.5 Å². The van der Waals surface area contributed by atoms with Gasteiger partial charge in [0.25, 0.3) is 0 Å². The molecule has 0 fully saturated rings. The first-order chi connectivity index (χ1) is 9.77. The Morgan fingerprint density at radius 2 is 2.15 bits per heavy atom. The Labute approximate surface area is 120 Å². The van der Waals surface area contributed by atoms with E-state index in [0.29, 0.717) is 0 Å². The van der Waals surface area contributed by atoms with Gasteiger partial charge in [0.2, 0.25) is 0 Å². The van der Waals surface area contributed by atoms with Crippen LogP contribution in [-0.2, 0) is 6.54 Å². The van der Waals surface area contributed by atoms with Gasteiger partial charge in [0.05, 0.1) is 17.9 Å². The third kappa shape index (κ3) is 3.22. The highest BCUT2D eigenvalue weighted by molar-refractivity contribution is 5.29. The normalized spacial score (nSPS) is 12.6. The van der Waals surface area contributed by atoms with Crippen molar-refractivity contribution in [1.29, 1.82) is 0 Å². The number of aryl methyl sites for hydroxylation is 2. The van der Waals surface area contributed by atoms with Crippen molar-refractivity contribution >= 4 is 0 Å². The van der Waals surface area contributed by atoms with Crippen LogP contribution in [0.5, 0.6) is 0 Å². The highest BCUT2D eigenvalue weighted by atomic mass is 15.4. The summed E-state index contributed by atoms with van der Waals surface area (Å²) in [6.45, 7) is 8.20. The molecule has 0 aliphatic heterocycles. The van der Waals surface area contributed by atoms with E-state index < -0.39 is 0 Å². The number of hydrogen-bond acceptors (Lipinski definition) is 4. The third-order valence-electron chi connectivity index (χ3n) is 3.34. The summed E-state index contributed by atoms with van der Waals surface area (Å²) < 4.78 is 1.99. The monoisotopic (exact) mass is 273 g/mol. The number of aromatic nitrogens is 4. The lowest BCUT2D eigenvalue weighted by Gasteiger charge is -2.20. The number of rotatable bonds is 7. The smallest absolute Gasteiger partial charge is 0.0802 e. The number of pyridine rings is 1. The van der Waals surface area contributed by atoms with Crippen molar-refractivity contribution in [3.05, 3.63) is 41.5 Å². The maximum Gasteiger partial charge on any atom is 0.0802 e. The lowest BCUT2D eigenvalue weighted by molar-refractivity contribution is 0.502. The second-order valence-corrected chi connectivity index (χ2v) is 4.95. The zero-order valence-corrected chi connectivity index (χ0v) is 12.5. The average Bonchev–Trinajstić information content (AvgIpc) is 2.90. The molecule has 2 aromatic heterocycles. The van der Waals surface area contributed by atoms with Crippen molar-refractivity contribution in [3.63, 3.8) is 0 Å². The molecule has 2 rings (SSSR count). The first-order valence-electron chi connectivity index (χ1n) is 7.31. The summed E-state index contributed by atoms with van der Waals surface area (Å²) in [5.41, 5.74) is 3.35. The molecule has 0 aliphatic rings. The highest BCUT2D eigenvalue weighted by Crippen LogP contribution is 2.23. The van der Waals surface area contributed by atoms with E-state index in [0.717, 1.165) is 37.3 Å². The van der Waals surface area contributed by atoms with Crippen molar-refractivity contribution in [2.45, 2.75) is 46.2 Å². The van der Waals surface area contributed by atoms with Crippen LogP contribution in [0.15, 0.2) is 24.5 Å². The van der Waals surface area contributed by atoms with Crippen LogP contribution in [0.4, 0.5) is 0 Å². The zero-order chi connectivity index (χ0) is 14.4. The first kappa shape index (κ1) is 14.7. The molecule has 2 heterocycles. The summed E-state index contributed by atoms with van der Waals surface area (Å²) in [4.78, 5) is 4.40. The van der Waals surface area contributed by atoms with Gasteiger partial charge in [-0.05, 0) is 37.9 Å². The van der Waals surface area contributed by atoms with Gasteiger partial charge in [-0.15, -0.1) is 5.10 Å². The lowest BCUT2D eigenvalue weighted by atomic mass is 10.0. The van der Waals surface area contributed by atoms with Gasteiger partial charge < -0.3 is 5.32 Å². The molecule has 1 atom stereocenters. The first-order valence-corrected chi connectivity index (χ1v) is 7.31. The number of nitrogens with zero attached hydrogens (tertiary/aromatic N) is 4. The molecule has 20 heavy (non-hydrogen) atoms. The van der Waals surface area contributed by atoms with Crippen LogP contribution in [0.25, 0.3) is 0 Å². The van der Waals surface area contributed by atoms with Gasteiger partial charge in [-0.2, -0.15) is 0 Å². The molecular weight excluding hydrogens is 250 g/mol. The summed E-state index contributed by atoms with van der Waals surface area (Å²) in [6.07, 6.45) is 5.82. The van der Waals surface area contributed by atoms with Crippen molar-refractivity contribution < 1.29 is 0 Å². The van der Waals surface area contributed by atoms with Crippen LogP contribution in [0, 0.1) is 6.92 Å². The molecule has 0 amide bonds. The summed E-state index contributed by atoms with van der Waals surface area (Å²) >= 11 is 0. The van der Waals surface area contributed by atoms with Gasteiger partial charge in [0, 0.05) is 18.4 Å². The molecule has 0 bridgehead atoms. The fraction of sp³-hybridized carbons (Fsp3) is 0.533. The van der Waals surface area contributed by atoms with Gasteiger partial charge in [0.1, 0.15) is 0 Å². The van der Waals surface area contributed by atoms with E-state index in [1.807, 2.05) is 30.1 Å². The second-order valence-electron chi connectivity index (χ2n) is 4.95. The molecular formula is C15H23N5. The minimum absolute atomic E-state index is 0.102. The molecule has 108 valence electrons. The van der Waals surface area contributed by atoms with Crippen molar-refractivity contribution in [3.8, 4) is 0 Å². The predicted molar refractivity (Wildman–Crippen MR) is 79.4 cm³/mol. The molecule has 1 unspecified atom stereocenters. The molecule has 0 saturated heterocycles. The number of hydrogen-bond donors (Lipinski definition) is 1. The van der Waals surface area contributed by atoms with Gasteiger partial charge >= 0.3 is 0 Å². The van der Waals surface area contributed by atoms with Gasteiger partial charge in [-0.1, -0.05) is 25.1 Å². The molecule has 0 aliphatic carbocycles. The van der Waals surface area contributed by atoms with E-state index in [1.165, 1.54) is 5.56 Å². The van der Waals surface area contributed by atoms with Crippen LogP contribution in [0.1, 0.15) is 49.7 Å². The van der Waals surface area contributed by atoms with E-state index in [-0.39, 0.29) is 6.04 Å². The lowest BCUT2D eigenvalue weighted by Crippen LogP contribution is -2.26. The topological polar surface area (TPSA) is 55.6 Å². The van der Waals surface area contributed by atoms with E-state index in [1.54, 1.807) is 0 Å². The van der Waals surface area contributed by atoms with Gasteiger partial charge in [-0.3, -0.25) is 4.98 Å². The van der Waals surface area contributed by atoms with Crippen LogP contribution < -0.4 is 5.32 Å². The summed E-state index contributed by atoms with van der Waals surface area (Å²) in [5.74, 6) is 0. The quantitative estimate of drug-likeness (QED) is 0.842. The average molecular weight is 273 g/mol. The van der Waals surface area contributed by atoms with Crippen molar-refractivity contribution in [2.24, 2.45) is 0 Å². The maximum atomic E-state index is 4.40.